The van der Waals surface area contributed by atoms with Gasteiger partial charge in [0.05, 0.1) is 0 Å². The molecule has 4 aliphatic rings. The van der Waals surface area contributed by atoms with Gasteiger partial charge in [0.25, 0.3) is 0 Å². The molecule has 0 amide bonds. The molecule has 2 aromatic rings. The van der Waals surface area contributed by atoms with Crippen LogP contribution in [0.2, 0.25) is 5.02 Å². The van der Waals surface area contributed by atoms with E-state index in [0.717, 1.165) is 47.4 Å². The molecule has 4 saturated carbocycles. The average molecular weight is 451 g/mol. The first-order chi connectivity index (χ1) is 15.6. The Labute approximate surface area is 197 Å². The van der Waals surface area contributed by atoms with Gasteiger partial charge < -0.3 is 9.84 Å². The van der Waals surface area contributed by atoms with Gasteiger partial charge in [0.15, 0.2) is 6.29 Å². The molecule has 2 aromatic carbocycles. The molecule has 0 spiro atoms. The van der Waals surface area contributed by atoms with Gasteiger partial charge in [0.2, 0.25) is 0 Å². The van der Waals surface area contributed by atoms with Crippen LogP contribution in [0.1, 0.15) is 75.8 Å². The van der Waals surface area contributed by atoms with E-state index in [9.17, 15) is 5.11 Å². The topological polar surface area (TPSA) is 29.5 Å². The quantitative estimate of drug-likeness (QED) is 0.327. The van der Waals surface area contributed by atoms with Gasteiger partial charge in [-0.3, -0.25) is 0 Å². The number of aliphatic hydroxyl groups is 1. The summed E-state index contributed by atoms with van der Waals surface area (Å²) in [7, 11) is 0. The molecular weight excluding hydrogens is 416 g/mol. The third-order valence-electron chi connectivity index (χ3n) is 7.91. The summed E-state index contributed by atoms with van der Waals surface area (Å²) in [5.74, 6) is 3.99. The number of hydrogen-bond acceptors (Lipinski definition) is 2. The summed E-state index contributed by atoms with van der Waals surface area (Å²) >= 11 is 6.26. The number of para-hydroxylation sites is 1. The highest BCUT2D eigenvalue weighted by Crippen LogP contribution is 2.59. The van der Waals surface area contributed by atoms with E-state index in [1.165, 1.54) is 43.2 Å². The predicted octanol–water partition coefficient (Wildman–Crippen LogP) is 7.88. The predicted molar refractivity (Wildman–Crippen MR) is 132 cm³/mol. The molecule has 6 rings (SSSR count). The maximum Gasteiger partial charge on any atom is 0.197 e. The van der Waals surface area contributed by atoms with Crippen molar-refractivity contribution in [3.8, 4) is 5.75 Å². The van der Waals surface area contributed by atoms with Crippen LogP contribution in [0.15, 0.2) is 54.1 Å². The summed E-state index contributed by atoms with van der Waals surface area (Å²) < 4.78 is 6.16. The molecule has 4 aliphatic carbocycles. The number of benzene rings is 2. The van der Waals surface area contributed by atoms with Gasteiger partial charge in [0, 0.05) is 17.0 Å². The second-order valence-electron chi connectivity index (χ2n) is 10.2. The van der Waals surface area contributed by atoms with E-state index in [0.29, 0.717) is 18.3 Å². The summed E-state index contributed by atoms with van der Waals surface area (Å²) in [6.45, 7) is 2.18. The maximum absolute atomic E-state index is 10.6. The second-order valence-corrected chi connectivity index (χ2v) is 10.6. The first-order valence-corrected chi connectivity index (χ1v) is 12.9. The van der Waals surface area contributed by atoms with Crippen LogP contribution < -0.4 is 4.74 Å². The number of aliphatic hydroxyl groups excluding tert-OH is 1. The van der Waals surface area contributed by atoms with Crippen LogP contribution in [0, 0.1) is 23.7 Å². The molecule has 1 unspecified atom stereocenters. The molecule has 0 saturated heterocycles. The highest BCUT2D eigenvalue weighted by atomic mass is 35.5. The number of halogens is 1. The van der Waals surface area contributed by atoms with Crippen LogP contribution in [0.5, 0.6) is 5.75 Å². The smallest absolute Gasteiger partial charge is 0.197 e. The number of allylic oxidation sites excluding steroid dienone is 1. The molecule has 3 heteroatoms. The zero-order valence-electron chi connectivity index (χ0n) is 19.1. The Kier molecular flexibility index (Phi) is 6.62. The van der Waals surface area contributed by atoms with Gasteiger partial charge in [-0.1, -0.05) is 67.3 Å². The van der Waals surface area contributed by atoms with Crippen molar-refractivity contribution in [2.75, 3.05) is 0 Å². The Morgan fingerprint density at radius 3 is 2.25 bits per heavy atom. The lowest BCUT2D eigenvalue weighted by atomic mass is 9.53. The van der Waals surface area contributed by atoms with E-state index in [-0.39, 0.29) is 0 Å². The van der Waals surface area contributed by atoms with Crippen LogP contribution >= 0.6 is 11.6 Å². The van der Waals surface area contributed by atoms with Crippen molar-refractivity contribution in [2.24, 2.45) is 23.7 Å². The average Bonchev–Trinajstić information content (AvgIpc) is 2.77. The van der Waals surface area contributed by atoms with Crippen LogP contribution in [-0.4, -0.2) is 11.4 Å². The zero-order chi connectivity index (χ0) is 22.1. The number of rotatable bonds is 8. The first kappa shape index (κ1) is 22.0. The van der Waals surface area contributed by atoms with Crippen molar-refractivity contribution >= 4 is 17.2 Å². The van der Waals surface area contributed by atoms with Crippen molar-refractivity contribution in [3.63, 3.8) is 0 Å². The van der Waals surface area contributed by atoms with Crippen molar-refractivity contribution in [2.45, 2.75) is 71.0 Å². The molecule has 2 nitrogen and oxygen atoms in total. The van der Waals surface area contributed by atoms with Gasteiger partial charge in [-0.15, -0.1) is 0 Å². The minimum Gasteiger partial charge on any atom is -0.465 e. The Balaban J connectivity index is 1.56. The minimum absolute atomic E-state index is 0.670. The van der Waals surface area contributed by atoms with Crippen molar-refractivity contribution < 1.29 is 9.84 Å². The highest BCUT2D eigenvalue weighted by molar-refractivity contribution is 6.30. The van der Waals surface area contributed by atoms with E-state index in [1.54, 1.807) is 5.57 Å². The number of unbranched alkanes of at least 4 members (excludes halogenated alkanes) is 2. The lowest BCUT2D eigenvalue weighted by molar-refractivity contribution is -0.0247. The summed E-state index contributed by atoms with van der Waals surface area (Å²) in [6.07, 6.45) is 9.93. The van der Waals surface area contributed by atoms with Crippen LogP contribution in [-0.2, 0) is 0 Å². The Bertz CT molecular complexity index is 931. The fourth-order valence-electron chi connectivity index (χ4n) is 6.74. The molecule has 0 radical (unpaired) electrons. The lowest BCUT2D eigenvalue weighted by Crippen LogP contribution is -2.40. The molecule has 0 aromatic heterocycles. The van der Waals surface area contributed by atoms with E-state index in [1.807, 2.05) is 24.3 Å². The molecule has 0 heterocycles. The molecule has 4 bridgehead atoms. The maximum atomic E-state index is 10.6. The standard InChI is InChI=1S/C29H35ClO2/c1-2-3-4-9-27(31)32-26-8-6-5-7-25(26)29(21-10-12-24(30)13-11-21)28-22-15-19-14-20(17-22)18-23(28)16-19/h5-8,10-13,19-20,22-23,27,31H,2-4,9,14-18H2,1H3. The van der Waals surface area contributed by atoms with Gasteiger partial charge >= 0.3 is 0 Å². The first-order valence-electron chi connectivity index (χ1n) is 12.6. The van der Waals surface area contributed by atoms with Crippen molar-refractivity contribution in [1.82, 2.24) is 0 Å². The molecule has 1 N–H and O–H groups in total. The largest absolute Gasteiger partial charge is 0.465 e. The van der Waals surface area contributed by atoms with Crippen LogP contribution in [0.4, 0.5) is 0 Å². The zero-order valence-corrected chi connectivity index (χ0v) is 19.9. The van der Waals surface area contributed by atoms with Gasteiger partial charge in [0.1, 0.15) is 5.75 Å². The van der Waals surface area contributed by atoms with Crippen LogP contribution in [0.25, 0.3) is 5.57 Å². The normalized spacial score (nSPS) is 26.9. The summed E-state index contributed by atoms with van der Waals surface area (Å²) in [5.41, 5.74) is 5.29. The van der Waals surface area contributed by atoms with Crippen molar-refractivity contribution in [3.05, 3.63) is 70.3 Å². The molecule has 4 fully saturated rings. The highest BCUT2D eigenvalue weighted by Gasteiger charge is 2.46. The minimum atomic E-state index is -0.766. The van der Waals surface area contributed by atoms with Gasteiger partial charge in [-0.25, -0.2) is 0 Å². The summed E-state index contributed by atoms with van der Waals surface area (Å²) in [5, 5.41) is 11.4. The van der Waals surface area contributed by atoms with E-state index in [4.69, 9.17) is 16.3 Å². The van der Waals surface area contributed by atoms with E-state index >= 15 is 0 Å². The molecule has 32 heavy (non-hydrogen) atoms. The Morgan fingerprint density at radius 1 is 0.938 bits per heavy atom. The van der Waals surface area contributed by atoms with E-state index in [2.05, 4.69) is 31.2 Å². The second kappa shape index (κ2) is 9.61. The summed E-state index contributed by atoms with van der Waals surface area (Å²) in [6, 6.07) is 16.6. The SMILES string of the molecule is CCCCCC(O)Oc1ccccc1C(=C1C2CC3CC(C2)CC1C3)c1ccc(Cl)cc1. The number of ether oxygens (including phenoxy) is 1. The molecular formula is C29H35ClO2. The van der Waals surface area contributed by atoms with Gasteiger partial charge in [-0.05, 0) is 91.5 Å². The van der Waals surface area contributed by atoms with Crippen molar-refractivity contribution in [1.29, 1.82) is 0 Å². The van der Waals surface area contributed by atoms with Gasteiger partial charge in [-0.2, -0.15) is 0 Å². The lowest BCUT2D eigenvalue weighted by Gasteiger charge is -2.52. The number of hydrogen-bond donors (Lipinski definition) is 1. The molecule has 0 aliphatic heterocycles. The van der Waals surface area contributed by atoms with Crippen LogP contribution in [0.3, 0.4) is 0 Å². The fourth-order valence-corrected chi connectivity index (χ4v) is 6.87. The Morgan fingerprint density at radius 2 is 1.59 bits per heavy atom. The molecule has 1 atom stereocenters. The Hall–Kier alpha value is -1.77. The van der Waals surface area contributed by atoms with E-state index < -0.39 is 6.29 Å². The molecule has 170 valence electrons. The monoisotopic (exact) mass is 450 g/mol. The third kappa shape index (κ3) is 4.50. The third-order valence-corrected chi connectivity index (χ3v) is 8.17. The summed E-state index contributed by atoms with van der Waals surface area (Å²) in [4.78, 5) is 0. The fraction of sp³-hybridized carbons (Fsp3) is 0.517.